The van der Waals surface area contributed by atoms with Gasteiger partial charge in [0.05, 0.1) is 13.0 Å². The summed E-state index contributed by atoms with van der Waals surface area (Å²) in [6.07, 6.45) is 1.42. The quantitative estimate of drug-likeness (QED) is 0.717. The van der Waals surface area contributed by atoms with Gasteiger partial charge in [-0.25, -0.2) is 0 Å². The third-order valence-corrected chi connectivity index (χ3v) is 4.75. The maximum absolute atomic E-state index is 12.5. The van der Waals surface area contributed by atoms with E-state index in [-0.39, 0.29) is 12.3 Å². The van der Waals surface area contributed by atoms with Gasteiger partial charge in [-0.05, 0) is 36.6 Å². The third kappa shape index (κ3) is 2.82. The molecule has 24 heavy (non-hydrogen) atoms. The third-order valence-electron chi connectivity index (χ3n) is 4.75. The predicted octanol–water partition coefficient (Wildman–Crippen LogP) is 3.75. The molecule has 2 atom stereocenters. The average Bonchev–Trinajstić information content (AvgIpc) is 2.99. The highest BCUT2D eigenvalue weighted by atomic mass is 16.5. The number of hydrogen-bond donors (Lipinski definition) is 0. The molecular formula is C19H20N2O3. The van der Waals surface area contributed by atoms with Gasteiger partial charge < -0.3 is 13.8 Å². The van der Waals surface area contributed by atoms with Crippen LogP contribution in [0.2, 0.25) is 0 Å². The fourth-order valence-electron chi connectivity index (χ4n) is 3.06. The van der Waals surface area contributed by atoms with Crippen molar-refractivity contribution < 1.29 is 13.7 Å². The highest BCUT2D eigenvalue weighted by molar-refractivity contribution is 5.86. The number of rotatable bonds is 5. The minimum atomic E-state index is -0.00760. The van der Waals surface area contributed by atoms with Gasteiger partial charge in [-0.1, -0.05) is 24.2 Å². The molecule has 1 saturated carbocycles. The zero-order valence-corrected chi connectivity index (χ0v) is 13.9. The van der Waals surface area contributed by atoms with Gasteiger partial charge in [0.2, 0.25) is 5.91 Å². The van der Waals surface area contributed by atoms with Gasteiger partial charge in [0.1, 0.15) is 17.2 Å². The largest absolute Gasteiger partial charge is 0.464 e. The number of para-hydroxylation sites is 1. The smallest absolute Gasteiger partial charge is 0.228 e. The molecule has 1 aromatic carbocycles. The number of carbonyl (C=O) groups excluding carboxylic acids is 1. The first-order valence-electron chi connectivity index (χ1n) is 8.27. The SMILES string of the molecule is C[C@@H]1C[C@H]1c1ccc(CN(C)C(=O)Cc2noc3ccccc23)o1. The number of nitrogens with zero attached hydrogens (tertiary/aromatic N) is 2. The van der Waals surface area contributed by atoms with E-state index in [0.717, 1.165) is 16.9 Å². The molecule has 2 heterocycles. The van der Waals surface area contributed by atoms with Crippen LogP contribution in [0, 0.1) is 5.92 Å². The van der Waals surface area contributed by atoms with Crippen LogP contribution in [0.4, 0.5) is 0 Å². The standard InChI is InChI=1S/C19H20N2O3/c1-12-9-15(12)17-8-7-13(23-17)11-21(2)19(22)10-16-14-5-3-4-6-18(14)24-20-16/h3-8,12,15H,9-11H2,1-2H3/t12-,15-/m1/s1. The fraction of sp³-hybridized carbons (Fsp3) is 0.368. The lowest BCUT2D eigenvalue weighted by Crippen LogP contribution is -2.27. The van der Waals surface area contributed by atoms with E-state index in [4.69, 9.17) is 8.94 Å². The molecule has 5 heteroatoms. The Bertz CT molecular complexity index is 880. The van der Waals surface area contributed by atoms with Crippen molar-refractivity contribution in [3.63, 3.8) is 0 Å². The lowest BCUT2D eigenvalue weighted by molar-refractivity contribution is -0.130. The number of fused-ring (bicyclic) bond motifs is 1. The first-order valence-corrected chi connectivity index (χ1v) is 8.27. The highest BCUT2D eigenvalue weighted by Gasteiger charge is 2.36. The number of likely N-dealkylation sites (N-methyl/N-ethyl adjacent to an activating group) is 1. The number of benzene rings is 1. The second-order valence-corrected chi connectivity index (χ2v) is 6.68. The van der Waals surface area contributed by atoms with E-state index in [1.807, 2.05) is 36.4 Å². The lowest BCUT2D eigenvalue weighted by Gasteiger charge is -2.15. The van der Waals surface area contributed by atoms with Gasteiger partial charge in [-0.3, -0.25) is 4.79 Å². The normalized spacial score (nSPS) is 19.6. The molecule has 0 unspecified atom stereocenters. The van der Waals surface area contributed by atoms with Crippen LogP contribution in [0.1, 0.15) is 36.5 Å². The summed E-state index contributed by atoms with van der Waals surface area (Å²) in [6.45, 7) is 2.69. The number of carbonyl (C=O) groups is 1. The number of hydrogen-bond acceptors (Lipinski definition) is 4. The van der Waals surface area contributed by atoms with E-state index in [9.17, 15) is 4.79 Å². The van der Waals surface area contributed by atoms with E-state index in [1.54, 1.807) is 11.9 Å². The van der Waals surface area contributed by atoms with Gasteiger partial charge in [-0.2, -0.15) is 0 Å². The number of aromatic nitrogens is 1. The summed E-state index contributed by atoms with van der Waals surface area (Å²) >= 11 is 0. The lowest BCUT2D eigenvalue weighted by atomic mass is 10.1. The Morgan fingerprint density at radius 1 is 1.29 bits per heavy atom. The molecule has 1 aliphatic rings. The maximum Gasteiger partial charge on any atom is 0.228 e. The van der Waals surface area contributed by atoms with Crippen LogP contribution < -0.4 is 0 Å². The second kappa shape index (κ2) is 5.82. The van der Waals surface area contributed by atoms with Crippen molar-refractivity contribution in [3.8, 4) is 0 Å². The minimum absolute atomic E-state index is 0.00760. The van der Waals surface area contributed by atoms with Crippen LogP contribution in [-0.4, -0.2) is 23.0 Å². The van der Waals surface area contributed by atoms with Crippen molar-refractivity contribution in [2.45, 2.75) is 32.2 Å². The molecule has 4 rings (SSSR count). The van der Waals surface area contributed by atoms with E-state index >= 15 is 0 Å². The van der Waals surface area contributed by atoms with Crippen molar-refractivity contribution >= 4 is 16.9 Å². The number of furan rings is 1. The van der Waals surface area contributed by atoms with E-state index in [0.29, 0.717) is 29.7 Å². The fourth-order valence-corrected chi connectivity index (χ4v) is 3.06. The second-order valence-electron chi connectivity index (χ2n) is 6.68. The Morgan fingerprint density at radius 3 is 2.88 bits per heavy atom. The maximum atomic E-state index is 12.5. The molecule has 1 aliphatic carbocycles. The summed E-state index contributed by atoms with van der Waals surface area (Å²) in [7, 11) is 1.78. The van der Waals surface area contributed by atoms with Crippen molar-refractivity contribution in [2.24, 2.45) is 5.92 Å². The molecule has 5 nitrogen and oxygen atoms in total. The van der Waals surface area contributed by atoms with Crippen molar-refractivity contribution in [3.05, 3.63) is 53.6 Å². The molecule has 1 fully saturated rings. The topological polar surface area (TPSA) is 59.5 Å². The monoisotopic (exact) mass is 324 g/mol. The van der Waals surface area contributed by atoms with Crippen molar-refractivity contribution in [1.82, 2.24) is 10.1 Å². The summed E-state index contributed by atoms with van der Waals surface area (Å²) in [5, 5.41) is 4.91. The Kier molecular flexibility index (Phi) is 3.63. The van der Waals surface area contributed by atoms with Gasteiger partial charge in [0, 0.05) is 18.4 Å². The molecule has 0 aliphatic heterocycles. The van der Waals surface area contributed by atoms with E-state index in [2.05, 4.69) is 12.1 Å². The zero-order chi connectivity index (χ0) is 16.7. The van der Waals surface area contributed by atoms with Gasteiger partial charge in [0.15, 0.2) is 5.58 Å². The number of amides is 1. The first-order chi connectivity index (χ1) is 11.6. The van der Waals surface area contributed by atoms with Crippen LogP contribution in [0.5, 0.6) is 0 Å². The minimum Gasteiger partial charge on any atom is -0.464 e. The average molecular weight is 324 g/mol. The summed E-state index contributed by atoms with van der Waals surface area (Å²) < 4.78 is 11.1. The van der Waals surface area contributed by atoms with E-state index < -0.39 is 0 Å². The summed E-state index contributed by atoms with van der Waals surface area (Å²) in [6, 6.07) is 11.6. The Hall–Kier alpha value is -2.56. The zero-order valence-electron chi connectivity index (χ0n) is 13.9. The molecule has 0 radical (unpaired) electrons. The Morgan fingerprint density at radius 2 is 2.08 bits per heavy atom. The molecular weight excluding hydrogens is 304 g/mol. The van der Waals surface area contributed by atoms with Crippen LogP contribution in [0.15, 0.2) is 45.3 Å². The molecule has 0 saturated heterocycles. The summed E-state index contributed by atoms with van der Waals surface area (Å²) in [5.41, 5.74) is 1.38. The van der Waals surface area contributed by atoms with Crippen molar-refractivity contribution in [1.29, 1.82) is 0 Å². The molecule has 0 bridgehead atoms. The molecule has 3 aromatic rings. The van der Waals surface area contributed by atoms with Gasteiger partial charge in [-0.15, -0.1) is 0 Å². The molecule has 1 amide bonds. The molecule has 0 N–H and O–H groups in total. The summed E-state index contributed by atoms with van der Waals surface area (Å²) in [4.78, 5) is 14.1. The van der Waals surface area contributed by atoms with E-state index in [1.165, 1.54) is 6.42 Å². The summed E-state index contributed by atoms with van der Waals surface area (Å²) in [5.74, 6) is 3.13. The van der Waals surface area contributed by atoms with Gasteiger partial charge in [0.25, 0.3) is 0 Å². The molecule has 124 valence electrons. The highest BCUT2D eigenvalue weighted by Crippen LogP contribution is 2.47. The van der Waals surface area contributed by atoms with Crippen LogP contribution in [0.25, 0.3) is 11.0 Å². The van der Waals surface area contributed by atoms with Crippen LogP contribution in [-0.2, 0) is 17.8 Å². The first kappa shape index (κ1) is 15.0. The van der Waals surface area contributed by atoms with Gasteiger partial charge >= 0.3 is 0 Å². The van der Waals surface area contributed by atoms with Crippen LogP contribution >= 0.6 is 0 Å². The van der Waals surface area contributed by atoms with Crippen LogP contribution in [0.3, 0.4) is 0 Å². The molecule has 2 aromatic heterocycles. The molecule has 0 spiro atoms. The predicted molar refractivity (Wildman–Crippen MR) is 89.4 cm³/mol. The van der Waals surface area contributed by atoms with Crippen molar-refractivity contribution in [2.75, 3.05) is 7.05 Å². The Balaban J connectivity index is 1.41. The Labute approximate surface area is 140 Å².